The third-order valence-electron chi connectivity index (χ3n) is 4.17. The Hall–Kier alpha value is -1.40. The second-order valence-electron chi connectivity index (χ2n) is 5.97. The van der Waals surface area contributed by atoms with Crippen LogP contribution in [0.15, 0.2) is 18.2 Å². The van der Waals surface area contributed by atoms with Gasteiger partial charge in [0.05, 0.1) is 16.3 Å². The van der Waals surface area contributed by atoms with Gasteiger partial charge in [0.2, 0.25) is 5.67 Å². The molecule has 0 spiro atoms. The number of rotatable bonds is 3. The molecule has 22 heavy (non-hydrogen) atoms. The number of nitrogens with one attached hydrogen (secondary N) is 1. The summed E-state index contributed by atoms with van der Waals surface area (Å²) in [5.74, 6) is -0.475. The smallest absolute Gasteiger partial charge is 0.259 e. The van der Waals surface area contributed by atoms with Crippen LogP contribution in [0.4, 0.5) is 9.52 Å². The topological polar surface area (TPSA) is 45.2 Å². The number of nitrogens with zero attached hydrogens (tertiary/aromatic N) is 2. The largest absolute Gasteiger partial charge is 0.351 e. The van der Waals surface area contributed by atoms with E-state index in [1.807, 2.05) is 17.0 Å². The molecule has 1 aliphatic carbocycles. The number of para-hydroxylation sites is 1. The molecule has 1 aromatic carbocycles. The molecular weight excluding hydrogens is 325 g/mol. The molecule has 1 amide bonds. The van der Waals surface area contributed by atoms with Crippen molar-refractivity contribution in [3.63, 3.8) is 0 Å². The summed E-state index contributed by atoms with van der Waals surface area (Å²) in [6.07, 6.45) is 2.12. The van der Waals surface area contributed by atoms with Gasteiger partial charge in [0.25, 0.3) is 5.91 Å². The van der Waals surface area contributed by atoms with Crippen LogP contribution in [0, 0.1) is 0 Å². The van der Waals surface area contributed by atoms with E-state index >= 15 is 0 Å². The first-order valence-corrected chi connectivity index (χ1v) is 8.54. The van der Waals surface area contributed by atoms with E-state index in [1.165, 1.54) is 11.3 Å². The minimum absolute atomic E-state index is 0.0585. The fourth-order valence-corrected chi connectivity index (χ4v) is 3.99. The predicted molar refractivity (Wildman–Crippen MR) is 86.5 cm³/mol. The molecule has 4 rings (SSSR count). The highest BCUT2D eigenvalue weighted by molar-refractivity contribution is 7.22. The molecule has 1 aromatic heterocycles. The number of halogens is 2. The van der Waals surface area contributed by atoms with Crippen molar-refractivity contribution >= 4 is 44.2 Å². The number of benzene rings is 1. The van der Waals surface area contributed by atoms with Crippen molar-refractivity contribution in [3.8, 4) is 0 Å². The Balaban J connectivity index is 1.55. The molecule has 1 unspecified atom stereocenters. The fourth-order valence-electron chi connectivity index (χ4n) is 2.70. The number of amides is 1. The molecule has 1 N–H and O–H groups in total. The minimum Gasteiger partial charge on any atom is -0.351 e. The van der Waals surface area contributed by atoms with Crippen molar-refractivity contribution in [2.24, 2.45) is 0 Å². The lowest BCUT2D eigenvalue weighted by atomic mass is 10.1. The highest BCUT2D eigenvalue weighted by atomic mass is 35.5. The SMILES string of the molecule is O=C(NC1CC1)C1(F)CCN(c2nc3c(Cl)cccc3s2)C1. The second kappa shape index (κ2) is 5.06. The van der Waals surface area contributed by atoms with Crippen molar-refractivity contribution in [3.05, 3.63) is 23.2 Å². The molecule has 7 heteroatoms. The number of hydrogen-bond donors (Lipinski definition) is 1. The third kappa shape index (κ3) is 2.44. The first kappa shape index (κ1) is 14.2. The van der Waals surface area contributed by atoms with Crippen LogP contribution in [-0.2, 0) is 4.79 Å². The monoisotopic (exact) mass is 339 g/mol. The van der Waals surface area contributed by atoms with E-state index in [9.17, 15) is 9.18 Å². The summed E-state index contributed by atoms with van der Waals surface area (Å²) in [6, 6.07) is 5.79. The zero-order chi connectivity index (χ0) is 15.3. The zero-order valence-electron chi connectivity index (χ0n) is 11.8. The number of anilines is 1. The summed E-state index contributed by atoms with van der Waals surface area (Å²) in [5, 5.41) is 4.08. The maximum atomic E-state index is 14.9. The third-order valence-corrected chi connectivity index (χ3v) is 5.55. The van der Waals surface area contributed by atoms with Crippen molar-refractivity contribution in [1.82, 2.24) is 10.3 Å². The van der Waals surface area contributed by atoms with Crippen LogP contribution in [-0.4, -0.2) is 35.7 Å². The Morgan fingerprint density at radius 3 is 3.05 bits per heavy atom. The van der Waals surface area contributed by atoms with E-state index in [0.717, 1.165) is 28.2 Å². The van der Waals surface area contributed by atoms with Gasteiger partial charge in [-0.25, -0.2) is 9.37 Å². The average Bonchev–Trinajstić information content (AvgIpc) is 3.04. The lowest BCUT2D eigenvalue weighted by Crippen LogP contribution is -2.46. The fraction of sp³-hybridized carbons (Fsp3) is 0.467. The van der Waals surface area contributed by atoms with Gasteiger partial charge in [0, 0.05) is 19.0 Å². The molecule has 1 saturated heterocycles. The lowest BCUT2D eigenvalue weighted by molar-refractivity contribution is -0.131. The quantitative estimate of drug-likeness (QED) is 0.934. The van der Waals surface area contributed by atoms with Crippen LogP contribution < -0.4 is 10.2 Å². The van der Waals surface area contributed by atoms with E-state index in [0.29, 0.717) is 11.6 Å². The van der Waals surface area contributed by atoms with E-state index in [1.54, 1.807) is 6.07 Å². The van der Waals surface area contributed by atoms with Gasteiger partial charge in [-0.05, 0) is 25.0 Å². The number of carbonyl (C=O) groups excluding carboxylic acids is 1. The van der Waals surface area contributed by atoms with Crippen LogP contribution in [0.3, 0.4) is 0 Å². The van der Waals surface area contributed by atoms with Crippen LogP contribution in [0.5, 0.6) is 0 Å². The van der Waals surface area contributed by atoms with Gasteiger partial charge >= 0.3 is 0 Å². The van der Waals surface area contributed by atoms with Gasteiger partial charge in [0.15, 0.2) is 5.13 Å². The Labute approximate surface area is 136 Å². The van der Waals surface area contributed by atoms with Gasteiger partial charge in [-0.3, -0.25) is 4.79 Å². The Kier molecular flexibility index (Phi) is 3.27. The summed E-state index contributed by atoms with van der Waals surface area (Å²) in [7, 11) is 0. The molecule has 116 valence electrons. The summed E-state index contributed by atoms with van der Waals surface area (Å²) in [5.41, 5.74) is -1.08. The van der Waals surface area contributed by atoms with Crippen LogP contribution in [0.1, 0.15) is 19.3 Å². The molecule has 1 saturated carbocycles. The molecule has 0 radical (unpaired) electrons. The van der Waals surface area contributed by atoms with Crippen LogP contribution in [0.25, 0.3) is 10.2 Å². The number of hydrogen-bond acceptors (Lipinski definition) is 4. The van der Waals surface area contributed by atoms with Gasteiger partial charge in [-0.1, -0.05) is 29.0 Å². The predicted octanol–water partition coefficient (Wildman–Crippen LogP) is 3.15. The van der Waals surface area contributed by atoms with Crippen molar-refractivity contribution in [2.45, 2.75) is 31.0 Å². The number of aromatic nitrogens is 1. The number of alkyl halides is 1. The summed E-state index contributed by atoms with van der Waals surface area (Å²) < 4.78 is 15.8. The van der Waals surface area contributed by atoms with E-state index in [2.05, 4.69) is 10.3 Å². The number of fused-ring (bicyclic) bond motifs is 1. The van der Waals surface area contributed by atoms with Crippen LogP contribution in [0.2, 0.25) is 5.02 Å². The van der Waals surface area contributed by atoms with Gasteiger partial charge in [-0.2, -0.15) is 0 Å². The normalized spacial score (nSPS) is 24.9. The maximum absolute atomic E-state index is 14.9. The Morgan fingerprint density at radius 1 is 1.50 bits per heavy atom. The van der Waals surface area contributed by atoms with Gasteiger partial charge in [0.1, 0.15) is 5.52 Å². The first-order valence-electron chi connectivity index (χ1n) is 7.35. The zero-order valence-corrected chi connectivity index (χ0v) is 13.4. The van der Waals surface area contributed by atoms with E-state index in [4.69, 9.17) is 11.6 Å². The highest BCUT2D eigenvalue weighted by Crippen LogP contribution is 2.37. The molecular formula is C15H15ClFN3OS. The standard InChI is InChI=1S/C15H15ClFN3OS/c16-10-2-1-3-11-12(10)19-14(22-11)20-7-6-15(17,8-20)13(21)18-9-4-5-9/h1-3,9H,4-8H2,(H,18,21). The van der Waals surface area contributed by atoms with Crippen molar-refractivity contribution in [2.75, 3.05) is 18.0 Å². The van der Waals surface area contributed by atoms with Crippen LogP contribution >= 0.6 is 22.9 Å². The van der Waals surface area contributed by atoms with E-state index < -0.39 is 11.6 Å². The summed E-state index contributed by atoms with van der Waals surface area (Å²) in [4.78, 5) is 18.4. The molecule has 2 fully saturated rings. The van der Waals surface area contributed by atoms with E-state index in [-0.39, 0.29) is 19.0 Å². The van der Waals surface area contributed by atoms with Gasteiger partial charge in [-0.15, -0.1) is 0 Å². The molecule has 2 aliphatic rings. The number of carbonyl (C=O) groups is 1. The average molecular weight is 340 g/mol. The summed E-state index contributed by atoms with van der Waals surface area (Å²) in [6.45, 7) is 0.551. The molecule has 1 atom stereocenters. The van der Waals surface area contributed by atoms with Gasteiger partial charge < -0.3 is 10.2 Å². The van der Waals surface area contributed by atoms with Crippen molar-refractivity contribution in [1.29, 1.82) is 0 Å². The molecule has 2 aromatic rings. The maximum Gasteiger partial charge on any atom is 0.259 e. The first-order chi connectivity index (χ1) is 10.5. The Bertz CT molecular complexity index is 747. The Morgan fingerprint density at radius 2 is 2.32 bits per heavy atom. The second-order valence-corrected chi connectivity index (χ2v) is 7.38. The number of thiazole rings is 1. The van der Waals surface area contributed by atoms with Crippen molar-refractivity contribution < 1.29 is 9.18 Å². The highest BCUT2D eigenvalue weighted by Gasteiger charge is 2.47. The molecule has 2 heterocycles. The minimum atomic E-state index is -1.82. The molecule has 1 aliphatic heterocycles. The lowest BCUT2D eigenvalue weighted by Gasteiger charge is -2.19. The molecule has 4 nitrogen and oxygen atoms in total. The summed E-state index contributed by atoms with van der Waals surface area (Å²) >= 11 is 7.61. The molecule has 0 bridgehead atoms.